The summed E-state index contributed by atoms with van der Waals surface area (Å²) in [5.74, 6) is -0.982. The molecule has 2 rings (SSSR count). The van der Waals surface area contributed by atoms with Crippen molar-refractivity contribution in [2.24, 2.45) is 0 Å². The first-order chi connectivity index (χ1) is 9.38. The van der Waals surface area contributed by atoms with Gasteiger partial charge < -0.3 is 0 Å². The predicted molar refractivity (Wildman–Crippen MR) is 69.1 cm³/mol. The van der Waals surface area contributed by atoms with Crippen molar-refractivity contribution in [2.75, 3.05) is 5.32 Å². The zero-order chi connectivity index (χ0) is 14.8. The number of hydrogen-bond acceptors (Lipinski definition) is 3. The van der Waals surface area contributed by atoms with E-state index >= 15 is 0 Å². The van der Waals surface area contributed by atoms with Gasteiger partial charge in [0.05, 0.1) is 11.1 Å². The summed E-state index contributed by atoms with van der Waals surface area (Å²) in [6.45, 7) is 0. The van der Waals surface area contributed by atoms with E-state index in [9.17, 15) is 18.0 Å². The Morgan fingerprint density at radius 2 is 1.85 bits per heavy atom. The Bertz CT molecular complexity index is 632. The quantitative estimate of drug-likeness (QED) is 0.906. The average Bonchev–Trinajstić information content (AvgIpc) is 2.38. The number of amides is 1. The molecule has 0 saturated heterocycles. The highest BCUT2D eigenvalue weighted by Gasteiger charge is 2.35. The van der Waals surface area contributed by atoms with Gasteiger partial charge in [0.2, 0.25) is 5.95 Å². The molecule has 1 heterocycles. The smallest absolute Gasteiger partial charge is 0.290 e. The Morgan fingerprint density at radius 1 is 1.20 bits per heavy atom. The molecule has 1 N–H and O–H groups in total. The number of aromatic nitrogens is 2. The summed E-state index contributed by atoms with van der Waals surface area (Å²) in [4.78, 5) is 19.3. The molecule has 1 aromatic heterocycles. The van der Waals surface area contributed by atoms with Gasteiger partial charge in [0.15, 0.2) is 0 Å². The van der Waals surface area contributed by atoms with E-state index in [0.29, 0.717) is 0 Å². The van der Waals surface area contributed by atoms with Gasteiger partial charge in [0.25, 0.3) is 5.91 Å². The molecule has 0 spiro atoms. The van der Waals surface area contributed by atoms with Crippen LogP contribution in [0, 0.1) is 0 Å². The van der Waals surface area contributed by atoms with Crippen LogP contribution in [0.5, 0.6) is 0 Å². The number of nitrogens with one attached hydrogen (secondary N) is 1. The second kappa shape index (κ2) is 5.58. The lowest BCUT2D eigenvalue weighted by atomic mass is 10.1. The topological polar surface area (TPSA) is 54.9 Å². The van der Waals surface area contributed by atoms with Crippen molar-refractivity contribution in [1.29, 1.82) is 0 Å². The summed E-state index contributed by atoms with van der Waals surface area (Å²) < 4.78 is 38.9. The molecule has 1 aromatic carbocycles. The molecule has 2 aromatic rings. The van der Waals surface area contributed by atoms with Gasteiger partial charge in [0.1, 0.15) is 0 Å². The Hall–Kier alpha value is -1.96. The molecule has 104 valence electrons. The standard InChI is InChI=1S/C12H7BrF3N3O/c13-7-2-3-8(9(6-7)12(14,15)16)10(20)19-11-17-4-1-5-18-11/h1-6H,(H,17,18,19,20). The molecule has 1 amide bonds. The molecule has 0 atom stereocenters. The van der Waals surface area contributed by atoms with E-state index in [1.807, 2.05) is 0 Å². The highest BCUT2D eigenvalue weighted by Crippen LogP contribution is 2.34. The molecular weight excluding hydrogens is 339 g/mol. The maximum Gasteiger partial charge on any atom is 0.417 e. The predicted octanol–water partition coefficient (Wildman–Crippen LogP) is 3.51. The molecule has 0 aliphatic carbocycles. The summed E-state index contributed by atoms with van der Waals surface area (Å²) in [5, 5.41) is 2.21. The number of halogens is 4. The molecule has 0 aliphatic heterocycles. The lowest BCUT2D eigenvalue weighted by molar-refractivity contribution is -0.137. The van der Waals surface area contributed by atoms with Gasteiger partial charge in [-0.25, -0.2) is 9.97 Å². The zero-order valence-electron chi connectivity index (χ0n) is 9.78. The van der Waals surface area contributed by atoms with Crippen LogP contribution in [0.2, 0.25) is 0 Å². The van der Waals surface area contributed by atoms with E-state index in [4.69, 9.17) is 0 Å². The van der Waals surface area contributed by atoms with Crippen LogP contribution in [0.4, 0.5) is 19.1 Å². The van der Waals surface area contributed by atoms with Crippen molar-refractivity contribution in [3.63, 3.8) is 0 Å². The van der Waals surface area contributed by atoms with Gasteiger partial charge in [-0.05, 0) is 24.3 Å². The van der Waals surface area contributed by atoms with Gasteiger partial charge in [0, 0.05) is 16.9 Å². The van der Waals surface area contributed by atoms with Crippen LogP contribution in [0.15, 0.2) is 41.1 Å². The summed E-state index contributed by atoms with van der Waals surface area (Å²) in [6.07, 6.45) is -1.89. The first kappa shape index (κ1) is 14.4. The van der Waals surface area contributed by atoms with Crippen LogP contribution in [0.1, 0.15) is 15.9 Å². The largest absolute Gasteiger partial charge is 0.417 e. The van der Waals surface area contributed by atoms with E-state index < -0.39 is 23.2 Å². The highest BCUT2D eigenvalue weighted by atomic mass is 79.9. The number of nitrogens with zero attached hydrogens (tertiary/aromatic N) is 2. The molecule has 0 aliphatic rings. The second-order valence-corrected chi connectivity index (χ2v) is 4.63. The number of rotatable bonds is 2. The lowest BCUT2D eigenvalue weighted by Crippen LogP contribution is -2.19. The average molecular weight is 346 g/mol. The Balaban J connectivity index is 2.35. The maximum atomic E-state index is 12.9. The third kappa shape index (κ3) is 3.32. The summed E-state index contributed by atoms with van der Waals surface area (Å²) in [7, 11) is 0. The molecule has 8 heteroatoms. The minimum absolute atomic E-state index is 0.0615. The zero-order valence-corrected chi connectivity index (χ0v) is 11.4. The van der Waals surface area contributed by atoms with Gasteiger partial charge in [-0.2, -0.15) is 13.2 Å². The SMILES string of the molecule is O=C(Nc1ncccn1)c1ccc(Br)cc1C(F)(F)F. The minimum atomic E-state index is -4.63. The fourth-order valence-electron chi connectivity index (χ4n) is 1.48. The summed E-state index contributed by atoms with van der Waals surface area (Å²) >= 11 is 2.95. The van der Waals surface area contributed by atoms with Crippen molar-refractivity contribution in [1.82, 2.24) is 9.97 Å². The van der Waals surface area contributed by atoms with E-state index in [-0.39, 0.29) is 10.4 Å². The first-order valence-corrected chi connectivity index (χ1v) is 6.12. The van der Waals surface area contributed by atoms with Gasteiger partial charge in [-0.15, -0.1) is 0 Å². The normalized spacial score (nSPS) is 11.2. The molecule has 4 nitrogen and oxygen atoms in total. The van der Waals surface area contributed by atoms with Crippen LogP contribution in [-0.4, -0.2) is 15.9 Å². The molecule has 0 unspecified atom stereocenters. The summed E-state index contributed by atoms with van der Waals surface area (Å²) in [5.41, 5.74) is -1.52. The third-order valence-electron chi connectivity index (χ3n) is 2.32. The number of carbonyl (C=O) groups excluding carboxylic acids is 1. The van der Waals surface area contributed by atoms with Crippen molar-refractivity contribution >= 4 is 27.8 Å². The van der Waals surface area contributed by atoms with Crippen LogP contribution < -0.4 is 5.32 Å². The maximum absolute atomic E-state index is 12.9. The third-order valence-corrected chi connectivity index (χ3v) is 2.82. The van der Waals surface area contributed by atoms with Crippen LogP contribution in [-0.2, 0) is 6.18 Å². The van der Waals surface area contributed by atoms with E-state index in [0.717, 1.165) is 12.1 Å². The Morgan fingerprint density at radius 3 is 2.45 bits per heavy atom. The molecule has 0 saturated carbocycles. The van der Waals surface area contributed by atoms with Crippen molar-refractivity contribution in [3.05, 3.63) is 52.3 Å². The van der Waals surface area contributed by atoms with Gasteiger partial charge in [-0.3, -0.25) is 10.1 Å². The molecular formula is C12H7BrF3N3O. The first-order valence-electron chi connectivity index (χ1n) is 5.33. The number of anilines is 1. The van der Waals surface area contributed by atoms with Crippen LogP contribution in [0.25, 0.3) is 0 Å². The van der Waals surface area contributed by atoms with E-state index in [1.54, 1.807) is 0 Å². The van der Waals surface area contributed by atoms with E-state index in [1.165, 1.54) is 24.5 Å². The fourth-order valence-corrected chi connectivity index (χ4v) is 1.84. The Labute approximate surface area is 120 Å². The minimum Gasteiger partial charge on any atom is -0.290 e. The number of benzene rings is 1. The van der Waals surface area contributed by atoms with Crippen molar-refractivity contribution < 1.29 is 18.0 Å². The van der Waals surface area contributed by atoms with Crippen molar-refractivity contribution in [3.8, 4) is 0 Å². The molecule has 20 heavy (non-hydrogen) atoms. The fraction of sp³-hybridized carbons (Fsp3) is 0.0833. The van der Waals surface area contributed by atoms with Gasteiger partial charge in [-0.1, -0.05) is 15.9 Å². The van der Waals surface area contributed by atoms with Crippen LogP contribution >= 0.6 is 15.9 Å². The summed E-state index contributed by atoms with van der Waals surface area (Å²) in [6, 6.07) is 4.82. The van der Waals surface area contributed by atoms with Crippen molar-refractivity contribution in [2.45, 2.75) is 6.18 Å². The molecule has 0 fully saturated rings. The highest BCUT2D eigenvalue weighted by molar-refractivity contribution is 9.10. The Kier molecular flexibility index (Phi) is 4.03. The molecule has 0 bridgehead atoms. The van der Waals surface area contributed by atoms with E-state index in [2.05, 4.69) is 31.2 Å². The number of carbonyl (C=O) groups is 1. The van der Waals surface area contributed by atoms with Crippen LogP contribution in [0.3, 0.4) is 0 Å². The molecule has 0 radical (unpaired) electrons. The lowest BCUT2D eigenvalue weighted by Gasteiger charge is -2.12. The van der Waals surface area contributed by atoms with Gasteiger partial charge >= 0.3 is 6.18 Å². The number of hydrogen-bond donors (Lipinski definition) is 1. The second-order valence-electron chi connectivity index (χ2n) is 3.71. The monoisotopic (exact) mass is 345 g/mol. The number of alkyl halides is 3.